The molecule has 0 spiro atoms. The minimum absolute atomic E-state index is 0. The second-order valence-corrected chi connectivity index (χ2v) is 8.27. The standard InChI is InChI=1S/C14H24N4.C8H14O2.Fe/c1-16-7-8-17(2)10-12-18(11-9-16)13-14-5-3-4-6-15-14;9-7-5-3-1-2-4-6-8(7)10;/h3-6H,7-13H2,1-2H3;7-8H,1-6H2;/q;-2;+3/i;9+2,10+2;. The van der Waals surface area contributed by atoms with Crippen LogP contribution in [0.5, 0.6) is 0 Å². The second-order valence-electron chi connectivity index (χ2n) is 8.27. The van der Waals surface area contributed by atoms with Crippen LogP contribution in [0.1, 0.15) is 44.2 Å². The number of rotatable bonds is 2. The molecule has 7 heteroatoms. The molecule has 1 aromatic heterocycles. The zero-order valence-corrected chi connectivity index (χ0v) is 19.2. The molecule has 1 aliphatic carbocycles. The SMILES string of the molecule is CN1CCN(C)CCN(Cc2ccccn2)CC1.[18O-]C1CCCCCCC1[18O-].[Fe+3]. The van der Waals surface area contributed by atoms with Crippen LogP contribution in [0, 0.1) is 0 Å². The van der Waals surface area contributed by atoms with Crippen molar-refractivity contribution in [1.82, 2.24) is 19.7 Å². The number of nitrogens with zero attached hydrogens (tertiary/aromatic N) is 4. The van der Waals surface area contributed by atoms with Gasteiger partial charge in [-0.15, -0.1) is 12.2 Å². The number of aromatic nitrogens is 1. The van der Waals surface area contributed by atoms with Crippen LogP contribution in [0.3, 0.4) is 0 Å². The Balaban J connectivity index is 0.000000327. The van der Waals surface area contributed by atoms with Crippen LogP contribution in [0.4, 0.5) is 0 Å². The van der Waals surface area contributed by atoms with E-state index in [1.54, 1.807) is 0 Å². The van der Waals surface area contributed by atoms with Gasteiger partial charge >= 0.3 is 17.1 Å². The monoisotopic (exact) mass is 450 g/mol. The molecule has 2 heterocycles. The molecule has 165 valence electrons. The molecule has 2 unspecified atom stereocenters. The van der Waals surface area contributed by atoms with E-state index in [-0.39, 0.29) is 17.1 Å². The molecule has 1 radical (unpaired) electrons. The number of pyridine rings is 1. The molecule has 6 nitrogen and oxygen atoms in total. The van der Waals surface area contributed by atoms with E-state index in [0.29, 0.717) is 12.8 Å². The molecule has 1 saturated carbocycles. The molecule has 1 aliphatic heterocycles. The fourth-order valence-corrected chi connectivity index (χ4v) is 3.60. The third-order valence-corrected chi connectivity index (χ3v) is 5.71. The van der Waals surface area contributed by atoms with Gasteiger partial charge in [0, 0.05) is 52.0 Å². The molecular weight excluding hydrogens is 412 g/mol. The number of likely N-dealkylation sites (N-methyl/N-ethyl adjacent to an activating group) is 2. The Morgan fingerprint density at radius 1 is 0.828 bits per heavy atom. The summed E-state index contributed by atoms with van der Waals surface area (Å²) in [6, 6.07) is 6.15. The smallest absolute Gasteiger partial charge is 0.853 e. The first-order chi connectivity index (χ1) is 13.5. The van der Waals surface area contributed by atoms with Gasteiger partial charge in [0.1, 0.15) is 0 Å². The molecular formula is C22H38FeN4O2+. The molecule has 1 aromatic rings. The Morgan fingerprint density at radius 3 is 1.83 bits per heavy atom. The van der Waals surface area contributed by atoms with E-state index < -0.39 is 12.2 Å². The van der Waals surface area contributed by atoms with E-state index in [9.17, 15) is 10.2 Å². The van der Waals surface area contributed by atoms with E-state index in [1.807, 2.05) is 12.3 Å². The summed E-state index contributed by atoms with van der Waals surface area (Å²) in [7, 11) is 4.41. The van der Waals surface area contributed by atoms with Crippen LogP contribution >= 0.6 is 0 Å². The third-order valence-electron chi connectivity index (χ3n) is 5.71. The van der Waals surface area contributed by atoms with Gasteiger partial charge in [0.15, 0.2) is 0 Å². The Kier molecular flexibility index (Phi) is 14.0. The first-order valence-electron chi connectivity index (χ1n) is 10.9. The molecule has 1 saturated heterocycles. The van der Waals surface area contributed by atoms with Crippen LogP contribution in [0.15, 0.2) is 24.4 Å². The quantitative estimate of drug-likeness (QED) is 0.485. The van der Waals surface area contributed by atoms with E-state index in [4.69, 9.17) is 0 Å². The zero-order chi connectivity index (χ0) is 20.2. The van der Waals surface area contributed by atoms with Crippen molar-refractivity contribution in [3.05, 3.63) is 30.1 Å². The van der Waals surface area contributed by atoms with E-state index >= 15 is 0 Å². The fraction of sp³-hybridized carbons (Fsp3) is 0.773. The van der Waals surface area contributed by atoms with E-state index in [1.165, 1.54) is 5.69 Å². The van der Waals surface area contributed by atoms with Gasteiger partial charge in [-0.3, -0.25) is 9.88 Å². The van der Waals surface area contributed by atoms with E-state index in [2.05, 4.69) is 45.9 Å². The molecule has 2 aliphatic rings. The van der Waals surface area contributed by atoms with Gasteiger partial charge in [-0.05, 0) is 26.2 Å². The Hall–Kier alpha value is -0.531. The maximum atomic E-state index is 10.9. The average Bonchev–Trinajstić information content (AvgIpc) is 2.77. The fourth-order valence-electron chi connectivity index (χ4n) is 3.60. The zero-order valence-electron chi connectivity index (χ0n) is 18.1. The van der Waals surface area contributed by atoms with Crippen molar-refractivity contribution in [3.63, 3.8) is 0 Å². The van der Waals surface area contributed by atoms with Crippen LogP contribution in [0.25, 0.3) is 0 Å². The van der Waals surface area contributed by atoms with Crippen molar-refractivity contribution in [2.45, 2.75) is 57.3 Å². The van der Waals surface area contributed by atoms with Crippen molar-refractivity contribution in [2.75, 3.05) is 53.4 Å². The molecule has 2 fully saturated rings. The summed E-state index contributed by atoms with van der Waals surface area (Å²) in [5.41, 5.74) is 1.17. The predicted molar refractivity (Wildman–Crippen MR) is 110 cm³/mol. The maximum absolute atomic E-state index is 10.9. The predicted octanol–water partition coefficient (Wildman–Crippen LogP) is 0.557. The topological polar surface area (TPSA) is 68.7 Å². The van der Waals surface area contributed by atoms with Crippen molar-refractivity contribution in [3.8, 4) is 0 Å². The van der Waals surface area contributed by atoms with Crippen molar-refractivity contribution < 1.29 is 27.3 Å². The molecule has 3 rings (SSSR count). The molecule has 0 bridgehead atoms. The van der Waals surface area contributed by atoms with Gasteiger partial charge in [0.2, 0.25) is 0 Å². The van der Waals surface area contributed by atoms with Crippen LogP contribution < -0.4 is 10.2 Å². The van der Waals surface area contributed by atoms with Gasteiger partial charge in [-0.2, -0.15) is 0 Å². The Bertz CT molecular complexity index is 497. The van der Waals surface area contributed by atoms with Crippen LogP contribution in [-0.4, -0.2) is 85.3 Å². The summed E-state index contributed by atoms with van der Waals surface area (Å²) in [6.45, 7) is 7.81. The third kappa shape index (κ3) is 11.4. The minimum atomic E-state index is -0.819. The summed E-state index contributed by atoms with van der Waals surface area (Å²) in [4.78, 5) is 11.7. The summed E-state index contributed by atoms with van der Waals surface area (Å²) in [5.74, 6) is 0. The van der Waals surface area contributed by atoms with Crippen LogP contribution in [0.2, 0.25) is 0 Å². The first-order valence-corrected chi connectivity index (χ1v) is 10.9. The molecule has 0 amide bonds. The number of hydrogen-bond acceptors (Lipinski definition) is 6. The van der Waals surface area contributed by atoms with Gasteiger partial charge in [-0.25, -0.2) is 0 Å². The molecule has 2 atom stereocenters. The second kappa shape index (κ2) is 15.3. The van der Waals surface area contributed by atoms with Crippen molar-refractivity contribution in [1.29, 1.82) is 0 Å². The van der Waals surface area contributed by atoms with Crippen molar-refractivity contribution >= 4 is 0 Å². The van der Waals surface area contributed by atoms with Gasteiger partial charge < -0.3 is 20.0 Å². The van der Waals surface area contributed by atoms with Gasteiger partial charge in [0.25, 0.3) is 0 Å². The summed E-state index contributed by atoms with van der Waals surface area (Å²) in [6.07, 6.45) is 5.67. The largest absolute Gasteiger partial charge is 3.00 e. The van der Waals surface area contributed by atoms with Gasteiger partial charge in [-0.1, -0.05) is 44.6 Å². The van der Waals surface area contributed by atoms with Crippen LogP contribution in [-0.2, 0) is 23.6 Å². The summed E-state index contributed by atoms with van der Waals surface area (Å²) >= 11 is 0. The summed E-state index contributed by atoms with van der Waals surface area (Å²) < 4.78 is 0. The molecule has 0 aromatic carbocycles. The first kappa shape index (κ1) is 26.5. The van der Waals surface area contributed by atoms with Gasteiger partial charge in [0.05, 0.1) is 5.69 Å². The normalized spacial score (nSPS) is 25.8. The maximum Gasteiger partial charge on any atom is 3.00 e. The Labute approximate surface area is 187 Å². The summed E-state index contributed by atoms with van der Waals surface area (Å²) in [5, 5.41) is 21.9. The minimum Gasteiger partial charge on any atom is -0.853 e. The average molecular weight is 450 g/mol. The van der Waals surface area contributed by atoms with E-state index in [0.717, 1.165) is 71.5 Å². The molecule has 0 N–H and O–H groups in total. The number of hydrogen-bond donors (Lipinski definition) is 0. The Morgan fingerprint density at radius 2 is 1.34 bits per heavy atom. The van der Waals surface area contributed by atoms with Crippen molar-refractivity contribution in [2.24, 2.45) is 0 Å². The molecule has 29 heavy (non-hydrogen) atoms.